The molecule has 5 nitrogen and oxygen atoms in total. The first-order chi connectivity index (χ1) is 7.68. The number of hydrogen-bond donors (Lipinski definition) is 2. The summed E-state index contributed by atoms with van der Waals surface area (Å²) in [5.41, 5.74) is 0.107. The third-order valence-electron chi connectivity index (χ3n) is 2.32. The summed E-state index contributed by atoms with van der Waals surface area (Å²) < 4.78 is 5.44. The summed E-state index contributed by atoms with van der Waals surface area (Å²) in [5, 5.41) is 12.1. The summed E-state index contributed by atoms with van der Waals surface area (Å²) in [7, 11) is 0. The molecule has 2 atom stereocenters. The zero-order valence-corrected chi connectivity index (χ0v) is 9.15. The topological polar surface area (TPSA) is 71.5 Å². The first-order valence-electron chi connectivity index (χ1n) is 4.87. The van der Waals surface area contributed by atoms with Crippen LogP contribution in [0.15, 0.2) is 18.3 Å². The van der Waals surface area contributed by atoms with E-state index in [9.17, 15) is 4.79 Å². The number of hydrogen-bond acceptors (Lipinski definition) is 4. The van der Waals surface area contributed by atoms with E-state index in [0.717, 1.165) is 0 Å². The van der Waals surface area contributed by atoms with Crippen molar-refractivity contribution in [3.05, 3.63) is 29.6 Å². The van der Waals surface area contributed by atoms with Crippen LogP contribution in [0.2, 0.25) is 0 Å². The fourth-order valence-corrected chi connectivity index (χ4v) is 1.85. The molecule has 86 valence electrons. The number of ether oxygens (including phenoxy) is 1. The number of carbonyl (C=O) groups is 1. The van der Waals surface area contributed by atoms with E-state index in [4.69, 9.17) is 21.4 Å². The Morgan fingerprint density at radius 3 is 3.12 bits per heavy atom. The lowest BCUT2D eigenvalue weighted by molar-refractivity contribution is 0.000307. The highest BCUT2D eigenvalue weighted by molar-refractivity contribution is 6.19. The van der Waals surface area contributed by atoms with Crippen molar-refractivity contribution in [3.63, 3.8) is 0 Å². The second-order valence-corrected chi connectivity index (χ2v) is 3.92. The minimum absolute atomic E-state index is 0.153. The molecule has 0 aromatic carbocycles. The number of morpholine rings is 1. The monoisotopic (exact) mass is 242 g/mol. The molecule has 6 heteroatoms. The Hall–Kier alpha value is -1.17. The van der Waals surface area contributed by atoms with Gasteiger partial charge >= 0.3 is 5.97 Å². The Labute approximate surface area is 97.4 Å². The van der Waals surface area contributed by atoms with Crippen molar-refractivity contribution in [1.82, 2.24) is 10.3 Å². The number of nitrogens with one attached hydrogen (secondary N) is 1. The number of alkyl halides is 1. The predicted molar refractivity (Wildman–Crippen MR) is 57.5 cm³/mol. The zero-order chi connectivity index (χ0) is 11.5. The summed E-state index contributed by atoms with van der Waals surface area (Å²) in [6.07, 6.45) is 1.13. The van der Waals surface area contributed by atoms with Crippen molar-refractivity contribution in [1.29, 1.82) is 0 Å². The van der Waals surface area contributed by atoms with Gasteiger partial charge in [-0.25, -0.2) is 4.79 Å². The first kappa shape index (κ1) is 11.3. The molecule has 1 aromatic rings. The van der Waals surface area contributed by atoms with Crippen molar-refractivity contribution in [2.75, 3.05) is 13.1 Å². The predicted octanol–water partition coefficient (Wildman–Crippen LogP) is 1.01. The molecule has 2 rings (SSSR count). The molecule has 2 N–H and O–H groups in total. The number of pyridine rings is 1. The van der Waals surface area contributed by atoms with E-state index in [1.54, 1.807) is 12.3 Å². The molecule has 0 aliphatic carbocycles. The Bertz CT molecular complexity index is 399. The SMILES string of the molecule is O=C(O)c1cccnc1C1CNCC(Cl)O1. The normalized spacial score (nSPS) is 25.3. The smallest absolute Gasteiger partial charge is 0.337 e. The Morgan fingerprint density at radius 2 is 2.44 bits per heavy atom. The maximum Gasteiger partial charge on any atom is 0.337 e. The fraction of sp³-hybridized carbons (Fsp3) is 0.400. The van der Waals surface area contributed by atoms with Crippen LogP contribution < -0.4 is 5.32 Å². The third-order valence-corrected chi connectivity index (χ3v) is 2.58. The number of aromatic carboxylic acids is 1. The Balaban J connectivity index is 2.28. The molecule has 0 bridgehead atoms. The molecule has 0 radical (unpaired) electrons. The number of nitrogens with zero attached hydrogens (tertiary/aromatic N) is 1. The van der Waals surface area contributed by atoms with Crippen LogP contribution in [0, 0.1) is 0 Å². The minimum Gasteiger partial charge on any atom is -0.478 e. The first-order valence-corrected chi connectivity index (χ1v) is 5.30. The van der Waals surface area contributed by atoms with Gasteiger partial charge in [0.15, 0.2) is 0 Å². The van der Waals surface area contributed by atoms with Crippen LogP contribution in [0.25, 0.3) is 0 Å². The van der Waals surface area contributed by atoms with E-state index >= 15 is 0 Å². The molecule has 16 heavy (non-hydrogen) atoms. The second-order valence-electron chi connectivity index (χ2n) is 3.43. The second kappa shape index (κ2) is 4.78. The van der Waals surface area contributed by atoms with Crippen molar-refractivity contribution in [2.45, 2.75) is 11.7 Å². The van der Waals surface area contributed by atoms with Crippen molar-refractivity contribution in [3.8, 4) is 0 Å². The summed E-state index contributed by atoms with van der Waals surface area (Å²) in [6.45, 7) is 1.06. The molecule has 1 saturated heterocycles. The maximum absolute atomic E-state index is 11.0. The number of aromatic nitrogens is 1. The minimum atomic E-state index is -1.01. The van der Waals surface area contributed by atoms with Gasteiger partial charge in [0.05, 0.1) is 11.3 Å². The van der Waals surface area contributed by atoms with Gasteiger partial charge in [-0.05, 0) is 12.1 Å². The van der Waals surface area contributed by atoms with Gasteiger partial charge in [0.25, 0.3) is 0 Å². The molecule has 1 aromatic heterocycles. The van der Waals surface area contributed by atoms with E-state index < -0.39 is 17.6 Å². The molecule has 1 aliphatic heterocycles. The van der Waals surface area contributed by atoms with Crippen LogP contribution >= 0.6 is 11.6 Å². The fourth-order valence-electron chi connectivity index (χ4n) is 1.62. The molecular weight excluding hydrogens is 232 g/mol. The lowest BCUT2D eigenvalue weighted by Crippen LogP contribution is -2.38. The van der Waals surface area contributed by atoms with Gasteiger partial charge in [0.2, 0.25) is 0 Å². The average molecular weight is 243 g/mol. The lowest BCUT2D eigenvalue weighted by atomic mass is 10.1. The molecule has 0 spiro atoms. The standard InChI is InChI=1S/C10H11ClN2O3/c11-8-5-12-4-7(16-8)9-6(10(14)15)2-1-3-13-9/h1-3,7-8,12H,4-5H2,(H,14,15). The highest BCUT2D eigenvalue weighted by Gasteiger charge is 2.26. The largest absolute Gasteiger partial charge is 0.478 e. The number of halogens is 1. The van der Waals surface area contributed by atoms with Gasteiger partial charge < -0.3 is 15.2 Å². The van der Waals surface area contributed by atoms with Crippen molar-refractivity contribution in [2.24, 2.45) is 0 Å². The summed E-state index contributed by atoms with van der Waals surface area (Å²) in [4.78, 5) is 15.1. The van der Waals surface area contributed by atoms with Gasteiger partial charge in [0, 0.05) is 19.3 Å². The van der Waals surface area contributed by atoms with Crippen LogP contribution in [0.1, 0.15) is 22.2 Å². The molecular formula is C10H11ClN2O3. The van der Waals surface area contributed by atoms with Crippen LogP contribution in [-0.4, -0.2) is 34.7 Å². The van der Waals surface area contributed by atoms with Gasteiger partial charge in [-0.1, -0.05) is 11.6 Å². The highest BCUT2D eigenvalue weighted by atomic mass is 35.5. The van der Waals surface area contributed by atoms with E-state index in [-0.39, 0.29) is 5.56 Å². The molecule has 2 unspecified atom stereocenters. The zero-order valence-electron chi connectivity index (χ0n) is 8.39. The van der Waals surface area contributed by atoms with Crippen molar-refractivity contribution >= 4 is 17.6 Å². The molecule has 2 heterocycles. The average Bonchev–Trinajstić information content (AvgIpc) is 2.29. The molecule has 1 fully saturated rings. The van der Waals surface area contributed by atoms with Crippen LogP contribution in [0.4, 0.5) is 0 Å². The highest BCUT2D eigenvalue weighted by Crippen LogP contribution is 2.23. The number of carboxylic acid groups (broad SMARTS) is 1. The van der Waals surface area contributed by atoms with Crippen LogP contribution in [-0.2, 0) is 4.74 Å². The number of rotatable bonds is 2. The quantitative estimate of drug-likeness (QED) is 0.758. The van der Waals surface area contributed by atoms with E-state index in [2.05, 4.69) is 10.3 Å². The van der Waals surface area contributed by atoms with Crippen LogP contribution in [0.5, 0.6) is 0 Å². The summed E-state index contributed by atoms with van der Waals surface area (Å²) in [5.74, 6) is -1.01. The summed E-state index contributed by atoms with van der Waals surface area (Å²) >= 11 is 5.83. The Kier molecular flexibility index (Phi) is 3.38. The van der Waals surface area contributed by atoms with E-state index in [1.165, 1.54) is 6.07 Å². The van der Waals surface area contributed by atoms with Crippen LogP contribution in [0.3, 0.4) is 0 Å². The molecule has 0 amide bonds. The van der Waals surface area contributed by atoms with Gasteiger partial charge in [-0.15, -0.1) is 0 Å². The van der Waals surface area contributed by atoms with E-state index in [0.29, 0.717) is 18.8 Å². The van der Waals surface area contributed by atoms with E-state index in [1.807, 2.05) is 0 Å². The third kappa shape index (κ3) is 2.32. The number of carboxylic acids is 1. The lowest BCUT2D eigenvalue weighted by Gasteiger charge is -2.27. The Morgan fingerprint density at radius 1 is 1.62 bits per heavy atom. The maximum atomic E-state index is 11.0. The molecule has 0 saturated carbocycles. The van der Waals surface area contributed by atoms with Crippen molar-refractivity contribution < 1.29 is 14.6 Å². The van der Waals surface area contributed by atoms with Gasteiger partial charge in [-0.2, -0.15) is 0 Å². The van der Waals surface area contributed by atoms with Gasteiger partial charge in [0.1, 0.15) is 11.7 Å². The molecule has 1 aliphatic rings. The summed E-state index contributed by atoms with van der Waals surface area (Å²) in [6, 6.07) is 3.09. The van der Waals surface area contributed by atoms with Gasteiger partial charge in [-0.3, -0.25) is 4.98 Å².